The molecule has 0 saturated carbocycles. The van der Waals surface area contributed by atoms with Crippen molar-refractivity contribution in [3.8, 4) is 10.6 Å². The molecule has 19 heavy (non-hydrogen) atoms. The smallest absolute Gasteiger partial charge is 0.263 e. The van der Waals surface area contributed by atoms with Crippen LogP contribution in [0.3, 0.4) is 0 Å². The van der Waals surface area contributed by atoms with E-state index in [0.29, 0.717) is 0 Å². The molecule has 2 aromatic rings. The minimum atomic E-state index is -2.42. The van der Waals surface area contributed by atoms with Gasteiger partial charge >= 0.3 is 0 Å². The summed E-state index contributed by atoms with van der Waals surface area (Å²) in [5, 5.41) is 4.18. The number of nitrogens with zero attached hydrogens (tertiary/aromatic N) is 1. The van der Waals surface area contributed by atoms with E-state index in [0.717, 1.165) is 22.0 Å². The highest BCUT2D eigenvalue weighted by Crippen LogP contribution is 2.30. The highest BCUT2D eigenvalue weighted by atomic mass is 32.1. The normalized spacial score (nSPS) is 12.9. The zero-order chi connectivity index (χ0) is 13.8. The monoisotopic (exact) mass is 282 g/mol. The van der Waals surface area contributed by atoms with Crippen LogP contribution in [-0.2, 0) is 0 Å². The third-order valence-corrected chi connectivity index (χ3v) is 4.10. The van der Waals surface area contributed by atoms with Gasteiger partial charge in [-0.15, -0.1) is 11.3 Å². The van der Waals surface area contributed by atoms with Crippen molar-refractivity contribution < 1.29 is 8.78 Å². The van der Waals surface area contributed by atoms with Crippen LogP contribution in [0.5, 0.6) is 0 Å². The van der Waals surface area contributed by atoms with Crippen LogP contribution in [0.15, 0.2) is 30.5 Å². The maximum Gasteiger partial charge on any atom is 0.263 e. The van der Waals surface area contributed by atoms with Crippen molar-refractivity contribution in [2.75, 3.05) is 6.54 Å². The van der Waals surface area contributed by atoms with Crippen LogP contribution in [0.4, 0.5) is 8.78 Å². The van der Waals surface area contributed by atoms with Crippen molar-refractivity contribution in [1.29, 1.82) is 0 Å². The van der Waals surface area contributed by atoms with Gasteiger partial charge in [0.25, 0.3) is 6.43 Å². The minimum absolute atomic E-state index is 0.0431. The lowest BCUT2D eigenvalue weighted by molar-refractivity contribution is 0.151. The molecule has 1 heterocycles. The van der Waals surface area contributed by atoms with Gasteiger partial charge in [0.2, 0.25) is 0 Å². The predicted octanol–water partition coefficient (Wildman–Crippen LogP) is 4.42. The second kappa shape index (κ2) is 6.21. The summed E-state index contributed by atoms with van der Waals surface area (Å²) < 4.78 is 24.9. The highest BCUT2D eigenvalue weighted by Gasteiger charge is 2.11. The molecule has 102 valence electrons. The number of halogens is 2. The van der Waals surface area contributed by atoms with Crippen LogP contribution >= 0.6 is 11.3 Å². The summed E-state index contributed by atoms with van der Waals surface area (Å²) >= 11 is 1.59. The molecule has 1 unspecified atom stereocenters. The molecule has 1 atom stereocenters. The summed E-state index contributed by atoms with van der Waals surface area (Å²) in [6.07, 6.45) is -0.580. The molecule has 1 aromatic carbocycles. The topological polar surface area (TPSA) is 24.9 Å². The number of nitrogens with one attached hydrogen (secondary N) is 1. The first-order chi connectivity index (χ1) is 9.11. The van der Waals surface area contributed by atoms with Crippen molar-refractivity contribution in [2.24, 2.45) is 0 Å². The Kier molecular flexibility index (Phi) is 4.61. The zero-order valence-electron chi connectivity index (χ0n) is 10.9. The average Bonchev–Trinajstić information content (AvgIpc) is 2.89. The fraction of sp³-hybridized carbons (Fsp3) is 0.357. The highest BCUT2D eigenvalue weighted by molar-refractivity contribution is 7.15. The fourth-order valence-electron chi connectivity index (χ4n) is 1.80. The summed E-state index contributed by atoms with van der Waals surface area (Å²) in [6.45, 7) is 5.04. The molecule has 1 N–H and O–H groups in total. The van der Waals surface area contributed by atoms with E-state index in [9.17, 15) is 8.78 Å². The van der Waals surface area contributed by atoms with Gasteiger partial charge in [-0.3, -0.25) is 0 Å². The largest absolute Gasteiger partial charge is 0.310 e. The van der Waals surface area contributed by atoms with Gasteiger partial charge in [0.05, 0.1) is 0 Å². The summed E-state index contributed by atoms with van der Waals surface area (Å²) in [4.78, 5) is 5.50. The predicted molar refractivity (Wildman–Crippen MR) is 74.6 cm³/mol. The number of hydrogen-bond donors (Lipinski definition) is 1. The van der Waals surface area contributed by atoms with Gasteiger partial charge in [-0.2, -0.15) is 0 Å². The van der Waals surface area contributed by atoms with E-state index in [2.05, 4.69) is 24.1 Å². The Morgan fingerprint density at radius 1 is 1.26 bits per heavy atom. The molecule has 0 bridgehead atoms. The first kappa shape index (κ1) is 14.1. The van der Waals surface area contributed by atoms with E-state index in [-0.39, 0.29) is 11.6 Å². The average molecular weight is 282 g/mol. The maximum absolute atomic E-state index is 12.5. The number of thiazole rings is 1. The van der Waals surface area contributed by atoms with Crippen LogP contribution in [0.25, 0.3) is 10.6 Å². The molecule has 0 radical (unpaired) electrons. The van der Waals surface area contributed by atoms with E-state index in [4.69, 9.17) is 0 Å². The van der Waals surface area contributed by atoms with E-state index < -0.39 is 6.43 Å². The lowest BCUT2D eigenvalue weighted by atomic mass is 10.1. The van der Waals surface area contributed by atoms with E-state index in [1.165, 1.54) is 12.1 Å². The van der Waals surface area contributed by atoms with Crippen molar-refractivity contribution in [1.82, 2.24) is 10.3 Å². The molecular formula is C14H16F2N2S. The van der Waals surface area contributed by atoms with Gasteiger partial charge in [-0.1, -0.05) is 31.2 Å². The molecule has 0 aliphatic rings. The minimum Gasteiger partial charge on any atom is -0.310 e. The van der Waals surface area contributed by atoms with Crippen LogP contribution in [0.1, 0.15) is 36.8 Å². The Morgan fingerprint density at radius 3 is 2.53 bits per heavy atom. The fourth-order valence-corrected chi connectivity index (χ4v) is 2.75. The van der Waals surface area contributed by atoms with Gasteiger partial charge in [0.1, 0.15) is 5.01 Å². The molecule has 0 spiro atoms. The third-order valence-electron chi connectivity index (χ3n) is 2.87. The lowest BCUT2D eigenvalue weighted by Crippen LogP contribution is -2.16. The van der Waals surface area contributed by atoms with Gasteiger partial charge in [-0.25, -0.2) is 13.8 Å². The summed E-state index contributed by atoms with van der Waals surface area (Å²) in [5.74, 6) is 0. The molecular weight excluding hydrogens is 266 g/mol. The van der Waals surface area contributed by atoms with Crippen molar-refractivity contribution >= 4 is 11.3 Å². The van der Waals surface area contributed by atoms with Crippen molar-refractivity contribution in [3.63, 3.8) is 0 Å². The zero-order valence-corrected chi connectivity index (χ0v) is 11.7. The first-order valence-electron chi connectivity index (χ1n) is 6.19. The van der Waals surface area contributed by atoms with Gasteiger partial charge in [0.15, 0.2) is 0 Å². The van der Waals surface area contributed by atoms with Crippen molar-refractivity contribution in [2.45, 2.75) is 26.3 Å². The Bertz CT molecular complexity index is 522. The Morgan fingerprint density at radius 2 is 1.95 bits per heavy atom. The van der Waals surface area contributed by atoms with Gasteiger partial charge < -0.3 is 5.32 Å². The standard InChI is InChI=1S/C14H16F2N2S/c1-3-17-9(2)12-8-18-14(19-12)11-6-4-10(5-7-11)13(15)16/h4-9,13,17H,3H2,1-2H3. The molecule has 0 amide bonds. The number of aromatic nitrogens is 1. The Hall–Kier alpha value is -1.33. The molecule has 0 saturated heterocycles. The summed E-state index contributed by atoms with van der Waals surface area (Å²) in [7, 11) is 0. The van der Waals surface area contributed by atoms with Crippen molar-refractivity contribution in [3.05, 3.63) is 40.9 Å². The van der Waals surface area contributed by atoms with Crippen LogP contribution in [0, 0.1) is 0 Å². The summed E-state index contributed by atoms with van der Waals surface area (Å²) in [5.41, 5.74) is 0.922. The number of alkyl halides is 2. The number of rotatable bonds is 5. The van der Waals surface area contributed by atoms with E-state index in [1.54, 1.807) is 23.5 Å². The van der Waals surface area contributed by atoms with Crippen LogP contribution < -0.4 is 5.32 Å². The number of hydrogen-bond acceptors (Lipinski definition) is 3. The Labute approximate surface area is 115 Å². The van der Waals surface area contributed by atoms with Crippen LogP contribution in [0.2, 0.25) is 0 Å². The van der Waals surface area contributed by atoms with Gasteiger partial charge in [-0.05, 0) is 13.5 Å². The molecule has 5 heteroatoms. The second-order valence-electron chi connectivity index (χ2n) is 4.27. The molecule has 0 aliphatic heterocycles. The van der Waals surface area contributed by atoms with E-state index in [1.807, 2.05) is 6.20 Å². The maximum atomic E-state index is 12.5. The molecule has 2 rings (SSSR count). The Balaban J connectivity index is 2.18. The SMILES string of the molecule is CCNC(C)c1cnc(-c2ccc(C(F)F)cc2)s1. The molecule has 1 aromatic heterocycles. The molecule has 2 nitrogen and oxygen atoms in total. The van der Waals surface area contributed by atoms with Gasteiger partial charge in [0, 0.05) is 28.2 Å². The summed E-state index contributed by atoms with van der Waals surface area (Å²) in [6, 6.07) is 6.56. The lowest BCUT2D eigenvalue weighted by Gasteiger charge is -2.08. The van der Waals surface area contributed by atoms with E-state index >= 15 is 0 Å². The molecule has 0 aliphatic carbocycles. The second-order valence-corrected chi connectivity index (χ2v) is 5.33. The first-order valence-corrected chi connectivity index (χ1v) is 7.01. The third kappa shape index (κ3) is 3.36. The number of benzene rings is 1. The van der Waals surface area contributed by atoms with Crippen LogP contribution in [-0.4, -0.2) is 11.5 Å². The molecule has 0 fully saturated rings. The quantitative estimate of drug-likeness (QED) is 0.878.